The molecule has 0 bridgehead atoms. The second kappa shape index (κ2) is 5.32. The summed E-state index contributed by atoms with van der Waals surface area (Å²) in [5.41, 5.74) is -0.174. The molecule has 0 radical (unpaired) electrons. The van der Waals surface area contributed by atoms with Gasteiger partial charge >= 0.3 is 6.18 Å². The lowest BCUT2D eigenvalue weighted by Gasteiger charge is -2.08. The van der Waals surface area contributed by atoms with E-state index in [4.69, 9.17) is 11.6 Å². The van der Waals surface area contributed by atoms with Crippen molar-refractivity contribution in [2.45, 2.75) is 18.6 Å². The van der Waals surface area contributed by atoms with Crippen LogP contribution >= 0.6 is 11.6 Å². The molecule has 1 N–H and O–H groups in total. The van der Waals surface area contributed by atoms with E-state index in [0.29, 0.717) is 11.3 Å². The zero-order valence-electron chi connectivity index (χ0n) is 10.5. The number of carbonyl (C=O) groups is 1. The summed E-state index contributed by atoms with van der Waals surface area (Å²) in [6.07, 6.45) is -4.43. The van der Waals surface area contributed by atoms with Gasteiger partial charge in [-0.2, -0.15) is 13.2 Å². The summed E-state index contributed by atoms with van der Waals surface area (Å²) >= 11 is 5.72. The molecule has 0 spiro atoms. The van der Waals surface area contributed by atoms with Crippen molar-refractivity contribution in [3.8, 4) is 0 Å². The van der Waals surface area contributed by atoms with Crippen LogP contribution in [-0.4, -0.2) is 22.5 Å². The van der Waals surface area contributed by atoms with Gasteiger partial charge in [-0.3, -0.25) is 4.79 Å². The van der Waals surface area contributed by atoms with Crippen LogP contribution in [0.2, 0.25) is 0 Å². The van der Waals surface area contributed by atoms with E-state index in [1.54, 1.807) is 0 Å². The summed E-state index contributed by atoms with van der Waals surface area (Å²) in [5.74, 6) is 0.0766. The predicted octanol–water partition coefficient (Wildman–Crippen LogP) is 2.54. The van der Waals surface area contributed by atoms with Crippen molar-refractivity contribution in [2.75, 3.05) is 7.05 Å². The quantitative estimate of drug-likeness (QED) is 0.886. The summed E-state index contributed by atoms with van der Waals surface area (Å²) in [7, 11) is 1.48. The van der Waals surface area contributed by atoms with E-state index in [2.05, 4.69) is 10.3 Å². The number of alkyl halides is 4. The molecule has 0 aliphatic rings. The van der Waals surface area contributed by atoms with Crippen LogP contribution < -0.4 is 5.32 Å². The van der Waals surface area contributed by atoms with Crippen molar-refractivity contribution in [2.24, 2.45) is 0 Å². The Labute approximate surface area is 117 Å². The standard InChI is InChI=1S/C12H11ClF3N3O/c1-17-11(20)6-19-9-3-2-7(12(14,15)16)4-8(9)18-10(19)5-13/h2-4H,5-6H2,1H3,(H,17,20). The Hall–Kier alpha value is -1.76. The second-order valence-corrected chi connectivity index (χ2v) is 4.39. The van der Waals surface area contributed by atoms with Gasteiger partial charge in [-0.25, -0.2) is 4.98 Å². The molecule has 1 heterocycles. The van der Waals surface area contributed by atoms with Crippen LogP contribution in [-0.2, 0) is 23.4 Å². The van der Waals surface area contributed by atoms with Gasteiger partial charge in [-0.1, -0.05) is 0 Å². The number of hydrogen-bond acceptors (Lipinski definition) is 2. The number of rotatable bonds is 3. The number of amides is 1. The van der Waals surface area contributed by atoms with Crippen molar-refractivity contribution in [3.05, 3.63) is 29.6 Å². The fraction of sp³-hybridized carbons (Fsp3) is 0.333. The first-order chi connectivity index (χ1) is 9.36. The Morgan fingerprint density at radius 3 is 2.70 bits per heavy atom. The maximum atomic E-state index is 12.6. The van der Waals surface area contributed by atoms with Gasteiger partial charge in [-0.05, 0) is 18.2 Å². The van der Waals surface area contributed by atoms with Gasteiger partial charge in [0.1, 0.15) is 12.4 Å². The number of imidazole rings is 1. The number of nitrogens with one attached hydrogen (secondary N) is 1. The first kappa shape index (κ1) is 14.6. The first-order valence-corrected chi connectivity index (χ1v) is 6.23. The molecule has 0 atom stereocenters. The largest absolute Gasteiger partial charge is 0.416 e. The average molecular weight is 306 g/mol. The first-order valence-electron chi connectivity index (χ1n) is 5.69. The van der Waals surface area contributed by atoms with Gasteiger partial charge in [0.2, 0.25) is 5.91 Å². The zero-order chi connectivity index (χ0) is 14.9. The summed E-state index contributed by atoms with van der Waals surface area (Å²) in [6.45, 7) is -0.0413. The molecule has 108 valence electrons. The van der Waals surface area contributed by atoms with Crippen molar-refractivity contribution >= 4 is 28.5 Å². The molecular formula is C12H11ClF3N3O. The minimum atomic E-state index is -4.43. The lowest BCUT2D eigenvalue weighted by Crippen LogP contribution is -2.24. The third kappa shape index (κ3) is 2.72. The van der Waals surface area contributed by atoms with Crippen molar-refractivity contribution < 1.29 is 18.0 Å². The zero-order valence-corrected chi connectivity index (χ0v) is 11.2. The fourth-order valence-corrected chi connectivity index (χ4v) is 2.06. The van der Waals surface area contributed by atoms with E-state index >= 15 is 0 Å². The van der Waals surface area contributed by atoms with Crippen molar-refractivity contribution in [1.82, 2.24) is 14.9 Å². The number of nitrogens with zero attached hydrogens (tertiary/aromatic N) is 2. The Kier molecular flexibility index (Phi) is 3.89. The molecule has 1 amide bonds. The van der Waals surface area contributed by atoms with Gasteiger partial charge in [0.25, 0.3) is 0 Å². The summed E-state index contributed by atoms with van der Waals surface area (Å²) in [4.78, 5) is 15.5. The van der Waals surface area contributed by atoms with E-state index in [1.807, 2.05) is 0 Å². The van der Waals surface area contributed by atoms with Gasteiger partial charge in [-0.15, -0.1) is 11.6 Å². The molecule has 0 unspecified atom stereocenters. The molecule has 0 fully saturated rings. The monoisotopic (exact) mass is 305 g/mol. The van der Waals surface area contributed by atoms with E-state index < -0.39 is 11.7 Å². The molecule has 2 rings (SSSR count). The summed E-state index contributed by atoms with van der Waals surface area (Å²) in [6, 6.07) is 3.21. The maximum Gasteiger partial charge on any atom is 0.416 e. The summed E-state index contributed by atoms with van der Waals surface area (Å²) < 4.78 is 39.4. The highest BCUT2D eigenvalue weighted by molar-refractivity contribution is 6.16. The number of benzene rings is 1. The molecule has 4 nitrogen and oxygen atoms in total. The lowest BCUT2D eigenvalue weighted by atomic mass is 10.2. The van der Waals surface area contributed by atoms with Crippen LogP contribution in [0, 0.1) is 0 Å². The third-order valence-electron chi connectivity index (χ3n) is 2.85. The van der Waals surface area contributed by atoms with Gasteiger partial charge in [0.05, 0.1) is 22.5 Å². The highest BCUT2D eigenvalue weighted by Crippen LogP contribution is 2.31. The molecule has 8 heteroatoms. The van der Waals surface area contributed by atoms with Crippen LogP contribution in [0.4, 0.5) is 13.2 Å². The third-order valence-corrected chi connectivity index (χ3v) is 3.09. The highest BCUT2D eigenvalue weighted by atomic mass is 35.5. The van der Waals surface area contributed by atoms with Crippen LogP contribution in [0.3, 0.4) is 0 Å². The normalized spacial score (nSPS) is 11.8. The van der Waals surface area contributed by atoms with Gasteiger partial charge in [0.15, 0.2) is 0 Å². The Bertz CT molecular complexity index is 651. The topological polar surface area (TPSA) is 46.9 Å². The Morgan fingerprint density at radius 2 is 2.15 bits per heavy atom. The molecule has 0 saturated heterocycles. The van der Waals surface area contributed by atoms with Crippen LogP contribution in [0.15, 0.2) is 18.2 Å². The minimum Gasteiger partial charge on any atom is -0.358 e. The second-order valence-electron chi connectivity index (χ2n) is 4.12. The Balaban J connectivity index is 2.55. The van der Waals surface area contributed by atoms with Crippen molar-refractivity contribution in [3.63, 3.8) is 0 Å². The molecular weight excluding hydrogens is 295 g/mol. The molecule has 2 aromatic rings. The van der Waals surface area contributed by atoms with E-state index in [9.17, 15) is 18.0 Å². The molecule has 0 saturated carbocycles. The fourth-order valence-electron chi connectivity index (χ4n) is 1.86. The molecule has 1 aromatic heterocycles. The van der Waals surface area contributed by atoms with Gasteiger partial charge in [0, 0.05) is 7.05 Å². The molecule has 0 aliphatic heterocycles. The average Bonchev–Trinajstić information content (AvgIpc) is 2.75. The molecule has 1 aromatic carbocycles. The van der Waals surface area contributed by atoms with Crippen LogP contribution in [0.1, 0.15) is 11.4 Å². The number of carbonyl (C=O) groups excluding carboxylic acids is 1. The Morgan fingerprint density at radius 1 is 1.45 bits per heavy atom. The van der Waals surface area contributed by atoms with Crippen LogP contribution in [0.5, 0.6) is 0 Å². The lowest BCUT2D eigenvalue weighted by molar-refractivity contribution is -0.137. The van der Waals surface area contributed by atoms with Crippen LogP contribution in [0.25, 0.3) is 11.0 Å². The SMILES string of the molecule is CNC(=O)Cn1c(CCl)nc2cc(C(F)(F)F)ccc21. The minimum absolute atomic E-state index is 0.00697. The van der Waals surface area contributed by atoms with E-state index in [1.165, 1.54) is 17.7 Å². The highest BCUT2D eigenvalue weighted by Gasteiger charge is 2.31. The number of fused-ring (bicyclic) bond motifs is 1. The smallest absolute Gasteiger partial charge is 0.358 e. The number of hydrogen-bond donors (Lipinski definition) is 1. The number of aromatic nitrogens is 2. The predicted molar refractivity (Wildman–Crippen MR) is 68.4 cm³/mol. The maximum absolute atomic E-state index is 12.6. The summed E-state index contributed by atoms with van der Waals surface area (Å²) in [5, 5.41) is 2.44. The van der Waals surface area contributed by atoms with Crippen molar-refractivity contribution in [1.29, 1.82) is 0 Å². The molecule has 20 heavy (non-hydrogen) atoms. The molecule has 0 aliphatic carbocycles. The number of halogens is 4. The van der Waals surface area contributed by atoms with E-state index in [0.717, 1.165) is 12.1 Å². The number of likely N-dealkylation sites (N-methyl/N-ethyl adjacent to an activating group) is 1. The van der Waals surface area contributed by atoms with Gasteiger partial charge < -0.3 is 9.88 Å². The van der Waals surface area contributed by atoms with E-state index in [-0.39, 0.29) is 23.8 Å².